The van der Waals surface area contributed by atoms with Crippen molar-refractivity contribution in [3.05, 3.63) is 11.8 Å². The maximum atomic E-state index is 5.24. The fraction of sp³-hybridized carbons (Fsp3) is 0.733. The van der Waals surface area contributed by atoms with E-state index in [1.807, 2.05) is 13.0 Å². The van der Waals surface area contributed by atoms with Crippen LogP contribution in [0.3, 0.4) is 0 Å². The van der Waals surface area contributed by atoms with Gasteiger partial charge in [-0.25, -0.2) is 4.98 Å². The Hall–Kier alpha value is -1.40. The average molecular weight is 294 g/mol. The summed E-state index contributed by atoms with van der Waals surface area (Å²) in [5.41, 5.74) is 0.942. The van der Waals surface area contributed by atoms with Crippen molar-refractivity contribution in [3.63, 3.8) is 0 Å². The smallest absolute Gasteiger partial charge is 0.228 e. The molecule has 1 aliphatic heterocycles. The molecular formula is C15H26N4O2. The second kappa shape index (κ2) is 8.14. The molecule has 0 aromatic carbocycles. The molecule has 2 heterocycles. The van der Waals surface area contributed by atoms with E-state index >= 15 is 0 Å². The van der Waals surface area contributed by atoms with Gasteiger partial charge in [0.1, 0.15) is 0 Å². The van der Waals surface area contributed by atoms with Gasteiger partial charge in [-0.05, 0) is 32.2 Å². The number of methoxy groups -OCH3 is 2. The first-order valence-corrected chi connectivity index (χ1v) is 7.57. The molecule has 1 unspecified atom stereocenters. The van der Waals surface area contributed by atoms with Crippen LogP contribution in [0.5, 0.6) is 5.88 Å². The van der Waals surface area contributed by atoms with Gasteiger partial charge in [0.15, 0.2) is 0 Å². The van der Waals surface area contributed by atoms with Gasteiger partial charge in [-0.1, -0.05) is 0 Å². The van der Waals surface area contributed by atoms with Crippen LogP contribution >= 0.6 is 0 Å². The Kier molecular flexibility index (Phi) is 6.20. The number of nitrogens with zero attached hydrogens (tertiary/aromatic N) is 3. The quantitative estimate of drug-likeness (QED) is 0.764. The second-order valence-electron chi connectivity index (χ2n) is 5.50. The summed E-state index contributed by atoms with van der Waals surface area (Å²) in [6.07, 6.45) is 2.43. The third-order valence-corrected chi connectivity index (χ3v) is 3.75. The van der Waals surface area contributed by atoms with E-state index < -0.39 is 0 Å². The normalized spacial score (nSPS) is 18.8. The molecule has 1 atom stereocenters. The molecule has 1 saturated heterocycles. The van der Waals surface area contributed by atoms with Crippen LogP contribution in [0.25, 0.3) is 0 Å². The van der Waals surface area contributed by atoms with Crippen molar-refractivity contribution < 1.29 is 9.47 Å². The van der Waals surface area contributed by atoms with Gasteiger partial charge in [0, 0.05) is 38.5 Å². The molecule has 0 saturated carbocycles. The molecule has 0 spiro atoms. The molecule has 1 aromatic rings. The first-order chi connectivity index (χ1) is 10.2. The Morgan fingerprint density at radius 2 is 2.24 bits per heavy atom. The molecule has 1 N–H and O–H groups in total. The summed E-state index contributed by atoms with van der Waals surface area (Å²) < 4.78 is 10.3. The van der Waals surface area contributed by atoms with Gasteiger partial charge in [0.05, 0.1) is 13.7 Å². The van der Waals surface area contributed by atoms with Crippen LogP contribution in [0.15, 0.2) is 6.07 Å². The minimum atomic E-state index is 0.630. The summed E-state index contributed by atoms with van der Waals surface area (Å²) in [7, 11) is 3.37. The van der Waals surface area contributed by atoms with Crippen LogP contribution in [-0.4, -0.2) is 57.0 Å². The minimum absolute atomic E-state index is 0.630. The lowest BCUT2D eigenvalue weighted by molar-refractivity contribution is 0.197. The fourth-order valence-corrected chi connectivity index (χ4v) is 2.66. The zero-order chi connectivity index (χ0) is 15.1. The Bertz CT molecular complexity index is 442. The zero-order valence-corrected chi connectivity index (χ0v) is 13.3. The molecule has 118 valence electrons. The molecule has 1 fully saturated rings. The van der Waals surface area contributed by atoms with Crippen LogP contribution in [0.4, 0.5) is 5.95 Å². The molecule has 6 nitrogen and oxygen atoms in total. The van der Waals surface area contributed by atoms with Crippen molar-refractivity contribution in [1.82, 2.24) is 15.3 Å². The van der Waals surface area contributed by atoms with Crippen molar-refractivity contribution >= 4 is 5.95 Å². The number of ether oxygens (including phenoxy) is 2. The lowest BCUT2D eigenvalue weighted by Crippen LogP contribution is -2.41. The van der Waals surface area contributed by atoms with E-state index in [0.29, 0.717) is 11.8 Å². The highest BCUT2D eigenvalue weighted by atomic mass is 16.5. The molecule has 6 heteroatoms. The third-order valence-electron chi connectivity index (χ3n) is 3.75. The number of nitrogens with one attached hydrogen (secondary N) is 1. The Morgan fingerprint density at radius 3 is 3.00 bits per heavy atom. The number of hydrogen-bond acceptors (Lipinski definition) is 6. The molecule has 21 heavy (non-hydrogen) atoms. The molecule has 0 radical (unpaired) electrons. The molecule has 1 aromatic heterocycles. The topological polar surface area (TPSA) is 59.5 Å². The van der Waals surface area contributed by atoms with E-state index in [4.69, 9.17) is 9.47 Å². The van der Waals surface area contributed by atoms with Gasteiger partial charge >= 0.3 is 0 Å². The maximum absolute atomic E-state index is 5.24. The number of hydrogen-bond donors (Lipinski definition) is 1. The number of aromatic nitrogens is 2. The highest BCUT2D eigenvalue weighted by molar-refractivity contribution is 5.35. The first kappa shape index (κ1) is 16.0. The SMILES string of the molecule is COCCNCC1CCCN(c2nc(C)cc(OC)n2)C1. The van der Waals surface area contributed by atoms with E-state index in [-0.39, 0.29) is 0 Å². The summed E-state index contributed by atoms with van der Waals surface area (Å²) in [6, 6.07) is 1.86. The predicted octanol–water partition coefficient (Wildman–Crippen LogP) is 1.25. The van der Waals surface area contributed by atoms with Crippen LogP contribution in [0, 0.1) is 12.8 Å². The van der Waals surface area contributed by atoms with E-state index in [9.17, 15) is 0 Å². The Balaban J connectivity index is 1.92. The summed E-state index contributed by atoms with van der Waals surface area (Å²) in [5, 5.41) is 3.44. The second-order valence-corrected chi connectivity index (χ2v) is 5.50. The Labute approximate surface area is 126 Å². The molecule has 0 aliphatic carbocycles. The van der Waals surface area contributed by atoms with Crippen molar-refractivity contribution in [2.75, 3.05) is 51.9 Å². The fourth-order valence-electron chi connectivity index (χ4n) is 2.66. The van der Waals surface area contributed by atoms with Gasteiger partial charge in [-0.15, -0.1) is 0 Å². The van der Waals surface area contributed by atoms with Crippen LogP contribution < -0.4 is 15.0 Å². The number of aryl methyl sites for hydroxylation is 1. The van der Waals surface area contributed by atoms with Gasteiger partial charge in [0.25, 0.3) is 0 Å². The highest BCUT2D eigenvalue weighted by Crippen LogP contribution is 2.22. The summed E-state index contributed by atoms with van der Waals surface area (Å²) in [4.78, 5) is 11.3. The summed E-state index contributed by atoms with van der Waals surface area (Å²) in [5.74, 6) is 2.05. The monoisotopic (exact) mass is 294 g/mol. The largest absolute Gasteiger partial charge is 0.481 e. The molecular weight excluding hydrogens is 268 g/mol. The number of anilines is 1. The maximum Gasteiger partial charge on any atom is 0.228 e. The van der Waals surface area contributed by atoms with Gasteiger partial charge in [-0.2, -0.15) is 4.98 Å². The standard InChI is InChI=1S/C15H26N4O2/c1-12-9-14(21-3)18-15(17-12)19-7-4-5-13(11-19)10-16-6-8-20-2/h9,13,16H,4-8,10-11H2,1-3H3. The lowest BCUT2D eigenvalue weighted by Gasteiger charge is -2.33. The van der Waals surface area contributed by atoms with Crippen LogP contribution in [0.1, 0.15) is 18.5 Å². The number of piperidine rings is 1. The molecule has 0 bridgehead atoms. The number of rotatable bonds is 7. The van der Waals surface area contributed by atoms with Crippen molar-refractivity contribution in [2.24, 2.45) is 5.92 Å². The average Bonchev–Trinajstić information content (AvgIpc) is 2.51. The van der Waals surface area contributed by atoms with E-state index in [0.717, 1.165) is 44.4 Å². The summed E-state index contributed by atoms with van der Waals surface area (Å²) >= 11 is 0. The van der Waals surface area contributed by atoms with Crippen molar-refractivity contribution in [2.45, 2.75) is 19.8 Å². The predicted molar refractivity (Wildman–Crippen MR) is 83.0 cm³/mol. The molecule has 1 aliphatic rings. The van der Waals surface area contributed by atoms with Crippen molar-refractivity contribution in [3.8, 4) is 5.88 Å². The lowest BCUT2D eigenvalue weighted by atomic mass is 9.98. The van der Waals surface area contributed by atoms with E-state index in [1.54, 1.807) is 14.2 Å². The summed E-state index contributed by atoms with van der Waals surface area (Å²) in [6.45, 7) is 6.66. The highest BCUT2D eigenvalue weighted by Gasteiger charge is 2.22. The molecule has 2 rings (SSSR count). The minimum Gasteiger partial charge on any atom is -0.481 e. The van der Waals surface area contributed by atoms with Crippen LogP contribution in [0.2, 0.25) is 0 Å². The van der Waals surface area contributed by atoms with E-state index in [1.165, 1.54) is 12.8 Å². The van der Waals surface area contributed by atoms with Gasteiger partial charge in [0.2, 0.25) is 11.8 Å². The van der Waals surface area contributed by atoms with Gasteiger partial charge < -0.3 is 19.7 Å². The third kappa shape index (κ3) is 4.82. The zero-order valence-electron chi connectivity index (χ0n) is 13.3. The van der Waals surface area contributed by atoms with Gasteiger partial charge in [-0.3, -0.25) is 0 Å². The molecule has 0 amide bonds. The van der Waals surface area contributed by atoms with E-state index in [2.05, 4.69) is 20.2 Å². The first-order valence-electron chi connectivity index (χ1n) is 7.57. The van der Waals surface area contributed by atoms with Crippen molar-refractivity contribution in [1.29, 1.82) is 0 Å². The van der Waals surface area contributed by atoms with Crippen LogP contribution in [-0.2, 0) is 4.74 Å². The Morgan fingerprint density at radius 1 is 1.38 bits per heavy atom.